The van der Waals surface area contributed by atoms with Crippen molar-refractivity contribution in [2.45, 2.75) is 20.1 Å². The molecule has 0 spiro atoms. The molecule has 1 aliphatic rings. The minimum atomic E-state index is -0.879. The number of hydrogen-bond acceptors (Lipinski definition) is 9. The molecular weight excluding hydrogens is 420 g/mol. The van der Waals surface area contributed by atoms with Crippen LogP contribution >= 0.6 is 0 Å². The van der Waals surface area contributed by atoms with Crippen LogP contribution in [0, 0.1) is 0 Å². The maximum absolute atomic E-state index is 12.3. The average molecular weight is 444 g/mol. The summed E-state index contributed by atoms with van der Waals surface area (Å²) in [6, 6.07) is 8.21. The average Bonchev–Trinajstić information content (AvgIpc) is 3.23. The van der Waals surface area contributed by atoms with Gasteiger partial charge in [0.25, 0.3) is 0 Å². The molecule has 2 aromatic carbocycles. The van der Waals surface area contributed by atoms with Crippen LogP contribution in [0.2, 0.25) is 0 Å². The predicted octanol–water partition coefficient (Wildman–Crippen LogP) is 2.89. The molecule has 0 fully saturated rings. The van der Waals surface area contributed by atoms with Gasteiger partial charge in [-0.15, -0.1) is 5.10 Å². The van der Waals surface area contributed by atoms with E-state index in [4.69, 9.17) is 28.4 Å². The highest BCUT2D eigenvalue weighted by atomic mass is 16.6. The lowest BCUT2D eigenvalue weighted by atomic mass is 10.1. The number of methoxy groups -OCH3 is 4. The Labute approximate surface area is 185 Å². The number of rotatable bonds is 7. The van der Waals surface area contributed by atoms with Gasteiger partial charge < -0.3 is 28.4 Å². The third-order valence-electron chi connectivity index (χ3n) is 4.60. The molecule has 1 aliphatic heterocycles. The maximum Gasteiger partial charge on any atom is 0.308 e. The topological polar surface area (TPSA) is 105 Å². The zero-order chi connectivity index (χ0) is 23.4. The van der Waals surface area contributed by atoms with Gasteiger partial charge in [-0.25, -0.2) is 0 Å². The van der Waals surface area contributed by atoms with E-state index in [2.05, 4.69) is 5.10 Å². The molecule has 10 nitrogen and oxygen atoms in total. The lowest BCUT2D eigenvalue weighted by molar-refractivity contribution is -0.135. The number of nitrogens with zero attached hydrogens (tertiary/aromatic N) is 2. The van der Waals surface area contributed by atoms with Crippen molar-refractivity contribution in [3.8, 4) is 28.7 Å². The molecule has 0 aliphatic carbocycles. The van der Waals surface area contributed by atoms with Gasteiger partial charge in [0.1, 0.15) is 0 Å². The Balaban J connectivity index is 2.02. The Kier molecular flexibility index (Phi) is 6.72. The molecule has 1 heterocycles. The summed E-state index contributed by atoms with van der Waals surface area (Å²) in [4.78, 5) is 23.8. The first-order valence-electron chi connectivity index (χ1n) is 9.54. The van der Waals surface area contributed by atoms with Crippen LogP contribution in [-0.4, -0.2) is 51.2 Å². The maximum atomic E-state index is 12.3. The summed E-state index contributed by atoms with van der Waals surface area (Å²) in [5.74, 6) is 1.11. The molecule has 0 bridgehead atoms. The Morgan fingerprint density at radius 1 is 0.875 bits per heavy atom. The van der Waals surface area contributed by atoms with Crippen LogP contribution in [0.4, 0.5) is 0 Å². The molecule has 1 unspecified atom stereocenters. The highest BCUT2D eigenvalue weighted by Crippen LogP contribution is 2.42. The fraction of sp³-hybridized carbons (Fsp3) is 0.318. The predicted molar refractivity (Wildman–Crippen MR) is 113 cm³/mol. The molecule has 170 valence electrons. The second-order valence-electron chi connectivity index (χ2n) is 6.66. The molecule has 1 amide bonds. The second-order valence-corrected chi connectivity index (χ2v) is 6.66. The first kappa shape index (κ1) is 22.7. The van der Waals surface area contributed by atoms with Crippen LogP contribution in [0.1, 0.15) is 31.2 Å². The number of ether oxygens (including phenoxy) is 6. The van der Waals surface area contributed by atoms with Crippen LogP contribution in [0.5, 0.6) is 28.7 Å². The number of hydrazone groups is 1. The Morgan fingerprint density at radius 3 is 2.00 bits per heavy atom. The van der Waals surface area contributed by atoms with Crippen molar-refractivity contribution in [1.82, 2.24) is 5.01 Å². The van der Waals surface area contributed by atoms with Crippen LogP contribution in [0.15, 0.2) is 35.4 Å². The molecule has 0 radical (unpaired) electrons. The SMILES string of the molecule is COc1ccc(C2=NN(C(C)=O)C(c3cc(OC)c(OC)c(OC)c3)O2)cc1OC(C)=O. The van der Waals surface area contributed by atoms with Crippen LogP contribution in [0.25, 0.3) is 0 Å². The van der Waals surface area contributed by atoms with Gasteiger partial charge in [-0.1, -0.05) is 0 Å². The summed E-state index contributed by atoms with van der Waals surface area (Å²) in [5.41, 5.74) is 1.05. The van der Waals surface area contributed by atoms with Crippen LogP contribution in [0.3, 0.4) is 0 Å². The van der Waals surface area contributed by atoms with Gasteiger partial charge in [-0.05, 0) is 30.3 Å². The van der Waals surface area contributed by atoms with E-state index in [9.17, 15) is 9.59 Å². The molecule has 0 saturated carbocycles. The number of benzene rings is 2. The van der Waals surface area contributed by atoms with E-state index in [0.717, 1.165) is 0 Å². The van der Waals surface area contributed by atoms with Crippen molar-refractivity contribution < 1.29 is 38.0 Å². The molecule has 2 aromatic rings. The van der Waals surface area contributed by atoms with E-state index in [1.165, 1.54) is 47.3 Å². The molecule has 1 atom stereocenters. The Morgan fingerprint density at radius 2 is 1.50 bits per heavy atom. The lowest BCUT2D eigenvalue weighted by Gasteiger charge is -2.21. The van der Waals surface area contributed by atoms with E-state index >= 15 is 0 Å². The first-order chi connectivity index (χ1) is 15.3. The summed E-state index contributed by atoms with van der Waals surface area (Å²) in [5, 5.41) is 5.53. The van der Waals surface area contributed by atoms with Crippen molar-refractivity contribution in [2.75, 3.05) is 28.4 Å². The van der Waals surface area contributed by atoms with Crippen LogP contribution in [-0.2, 0) is 14.3 Å². The minimum Gasteiger partial charge on any atom is -0.493 e. The van der Waals surface area contributed by atoms with Gasteiger partial charge in [0.15, 0.2) is 23.0 Å². The monoisotopic (exact) mass is 444 g/mol. The molecule has 10 heteroatoms. The summed E-state index contributed by atoms with van der Waals surface area (Å²) in [6.07, 6.45) is -0.879. The van der Waals surface area contributed by atoms with Crippen molar-refractivity contribution in [2.24, 2.45) is 5.10 Å². The Hall–Kier alpha value is -3.95. The number of hydrogen-bond donors (Lipinski definition) is 0. The number of carbonyl (C=O) groups excluding carboxylic acids is 2. The van der Waals surface area contributed by atoms with E-state index in [0.29, 0.717) is 34.1 Å². The van der Waals surface area contributed by atoms with Gasteiger partial charge in [0.2, 0.25) is 23.8 Å². The van der Waals surface area contributed by atoms with Crippen LogP contribution < -0.4 is 23.7 Å². The molecule has 3 rings (SSSR count). The summed E-state index contributed by atoms with van der Waals surface area (Å²) >= 11 is 0. The number of esters is 1. The van der Waals surface area contributed by atoms with Crippen molar-refractivity contribution >= 4 is 17.8 Å². The van der Waals surface area contributed by atoms with E-state index in [-0.39, 0.29) is 17.6 Å². The fourth-order valence-corrected chi connectivity index (χ4v) is 3.19. The van der Waals surface area contributed by atoms with Crippen molar-refractivity contribution in [3.63, 3.8) is 0 Å². The summed E-state index contributed by atoms with van der Waals surface area (Å²) in [6.45, 7) is 2.66. The zero-order valence-electron chi connectivity index (χ0n) is 18.6. The zero-order valence-corrected chi connectivity index (χ0v) is 18.6. The highest BCUT2D eigenvalue weighted by Gasteiger charge is 2.35. The van der Waals surface area contributed by atoms with E-state index in [1.54, 1.807) is 30.3 Å². The van der Waals surface area contributed by atoms with Gasteiger partial charge in [-0.3, -0.25) is 9.59 Å². The third kappa shape index (κ3) is 4.39. The summed E-state index contributed by atoms with van der Waals surface area (Å²) in [7, 11) is 5.95. The molecule has 0 N–H and O–H groups in total. The van der Waals surface area contributed by atoms with E-state index < -0.39 is 12.2 Å². The second kappa shape index (κ2) is 9.46. The fourth-order valence-electron chi connectivity index (χ4n) is 3.19. The highest BCUT2D eigenvalue weighted by molar-refractivity contribution is 5.97. The van der Waals surface area contributed by atoms with Crippen molar-refractivity contribution in [1.29, 1.82) is 0 Å². The quantitative estimate of drug-likeness (QED) is 0.474. The number of carbonyl (C=O) groups is 2. The molecular formula is C22H24N2O8. The van der Waals surface area contributed by atoms with Gasteiger partial charge in [0, 0.05) is 25.0 Å². The summed E-state index contributed by atoms with van der Waals surface area (Å²) < 4.78 is 32.6. The molecule has 32 heavy (non-hydrogen) atoms. The minimum absolute atomic E-state index is 0.162. The van der Waals surface area contributed by atoms with E-state index in [1.807, 2.05) is 0 Å². The largest absolute Gasteiger partial charge is 0.493 e. The Bertz CT molecular complexity index is 1040. The lowest BCUT2D eigenvalue weighted by Crippen LogP contribution is -2.25. The first-order valence-corrected chi connectivity index (χ1v) is 9.54. The van der Waals surface area contributed by atoms with Crippen molar-refractivity contribution in [3.05, 3.63) is 41.5 Å². The molecule has 0 aromatic heterocycles. The molecule has 0 saturated heterocycles. The standard InChI is InChI=1S/C22H24N2O8/c1-12(25)24-22(15-10-18(28-4)20(30-6)19(11-15)29-5)32-21(23-24)14-7-8-16(27-3)17(9-14)31-13(2)26/h7-11,22H,1-6H3. The number of amides is 1. The normalized spacial score (nSPS) is 14.9. The third-order valence-corrected chi connectivity index (χ3v) is 4.60. The smallest absolute Gasteiger partial charge is 0.308 e. The van der Waals surface area contributed by atoms with Gasteiger partial charge in [0.05, 0.1) is 28.4 Å². The van der Waals surface area contributed by atoms with Gasteiger partial charge >= 0.3 is 5.97 Å². The van der Waals surface area contributed by atoms with Gasteiger partial charge in [-0.2, -0.15) is 5.01 Å².